The van der Waals surface area contributed by atoms with Crippen molar-refractivity contribution in [2.24, 2.45) is 0 Å². The van der Waals surface area contributed by atoms with E-state index in [4.69, 9.17) is 0 Å². The molecule has 4 nitrogen and oxygen atoms in total. The Hall–Kier alpha value is -0.360. The molecule has 0 aliphatic heterocycles. The normalized spacial score (nSPS) is 10.7. The third-order valence-corrected chi connectivity index (χ3v) is 4.22. The van der Waals surface area contributed by atoms with Crippen LogP contribution in [-0.4, -0.2) is 14.4 Å². The molecule has 0 radical (unpaired) electrons. The SMILES string of the molecule is CCCCCCCCC(=O)OS(=O)(=O)c1ccccc1.[H-].[Na+]. The van der Waals surface area contributed by atoms with Gasteiger partial charge in [-0.2, -0.15) is 8.42 Å². The largest absolute Gasteiger partial charge is 1.00 e. The molecule has 6 heteroatoms. The number of benzene rings is 1. The van der Waals surface area contributed by atoms with Crippen LogP contribution in [0.4, 0.5) is 0 Å². The second kappa shape index (κ2) is 11.2. The number of carbonyl (C=O) groups is 1. The number of hydrogen-bond acceptors (Lipinski definition) is 4. The van der Waals surface area contributed by atoms with E-state index in [1.54, 1.807) is 18.2 Å². The molecule has 0 saturated heterocycles. The van der Waals surface area contributed by atoms with Crippen LogP contribution in [0.1, 0.15) is 53.3 Å². The van der Waals surface area contributed by atoms with Crippen LogP contribution in [0.15, 0.2) is 35.2 Å². The van der Waals surface area contributed by atoms with E-state index in [0.717, 1.165) is 19.3 Å². The Kier molecular flexibility index (Phi) is 11.0. The van der Waals surface area contributed by atoms with Crippen LogP contribution < -0.4 is 29.6 Å². The molecule has 0 fully saturated rings. The van der Waals surface area contributed by atoms with Gasteiger partial charge in [0.05, 0.1) is 0 Å². The van der Waals surface area contributed by atoms with Gasteiger partial charge in [-0.15, -0.1) is 0 Å². The maximum absolute atomic E-state index is 11.8. The van der Waals surface area contributed by atoms with Crippen LogP contribution in [0.2, 0.25) is 0 Å². The van der Waals surface area contributed by atoms with Crippen molar-refractivity contribution < 1.29 is 48.4 Å². The molecule has 1 rings (SSSR count). The second-order valence-electron chi connectivity index (χ2n) is 4.74. The van der Waals surface area contributed by atoms with E-state index in [1.165, 1.54) is 25.0 Å². The summed E-state index contributed by atoms with van der Waals surface area (Å²) in [7, 11) is -3.96. The minimum Gasteiger partial charge on any atom is -1.00 e. The first-order chi connectivity index (χ1) is 9.56. The summed E-state index contributed by atoms with van der Waals surface area (Å²) in [5.74, 6) is -0.677. The molecule has 0 atom stereocenters. The number of unbranched alkanes of at least 4 members (excludes halogenated alkanes) is 5. The molecule has 114 valence electrons. The average molecular weight is 322 g/mol. The summed E-state index contributed by atoms with van der Waals surface area (Å²) >= 11 is 0. The van der Waals surface area contributed by atoms with Gasteiger partial charge in [-0.3, -0.25) is 4.79 Å². The summed E-state index contributed by atoms with van der Waals surface area (Å²) in [6, 6.07) is 7.71. The van der Waals surface area contributed by atoms with E-state index < -0.39 is 16.1 Å². The Labute approximate surface area is 151 Å². The predicted octanol–water partition coefficient (Wildman–Crippen LogP) is 0.786. The molecule has 0 N–H and O–H groups in total. The molecule has 0 aliphatic carbocycles. The van der Waals surface area contributed by atoms with E-state index in [0.29, 0.717) is 6.42 Å². The van der Waals surface area contributed by atoms with Gasteiger partial charge in [0.1, 0.15) is 4.90 Å². The molecule has 0 saturated carbocycles. The molecule has 1 aromatic rings. The fraction of sp³-hybridized carbons (Fsp3) is 0.533. The third-order valence-electron chi connectivity index (χ3n) is 2.97. The Bertz CT molecular complexity index is 506. The Morgan fingerprint density at radius 2 is 1.62 bits per heavy atom. The monoisotopic (exact) mass is 322 g/mol. The van der Waals surface area contributed by atoms with Crippen molar-refractivity contribution in [3.8, 4) is 0 Å². The van der Waals surface area contributed by atoms with Crippen LogP contribution in [0.3, 0.4) is 0 Å². The molecule has 0 amide bonds. The van der Waals surface area contributed by atoms with Crippen LogP contribution in [-0.2, 0) is 19.1 Å². The smallest absolute Gasteiger partial charge is 1.00 e. The van der Waals surface area contributed by atoms with Gasteiger partial charge in [0.15, 0.2) is 0 Å². The topological polar surface area (TPSA) is 60.4 Å². The van der Waals surface area contributed by atoms with Crippen molar-refractivity contribution in [3.05, 3.63) is 30.3 Å². The minimum atomic E-state index is -3.96. The maximum Gasteiger partial charge on any atom is 1.00 e. The molecular formula is C15H23NaO4S. The fourth-order valence-corrected chi connectivity index (χ4v) is 2.76. The van der Waals surface area contributed by atoms with Gasteiger partial charge in [-0.1, -0.05) is 57.2 Å². The molecule has 0 unspecified atom stereocenters. The van der Waals surface area contributed by atoms with Crippen LogP contribution in [0.5, 0.6) is 0 Å². The number of hydrogen-bond donors (Lipinski definition) is 0. The first-order valence-electron chi connectivity index (χ1n) is 7.08. The average Bonchev–Trinajstić information content (AvgIpc) is 2.43. The van der Waals surface area contributed by atoms with E-state index in [9.17, 15) is 13.2 Å². The maximum atomic E-state index is 11.8. The third kappa shape index (κ3) is 8.61. The zero-order valence-corrected chi connectivity index (χ0v) is 15.7. The van der Waals surface area contributed by atoms with Gasteiger partial charge in [-0.25, -0.2) is 0 Å². The molecule has 0 heterocycles. The van der Waals surface area contributed by atoms with Gasteiger partial charge in [0, 0.05) is 6.42 Å². The van der Waals surface area contributed by atoms with Gasteiger partial charge >= 0.3 is 45.6 Å². The summed E-state index contributed by atoms with van der Waals surface area (Å²) in [6.45, 7) is 2.14. The van der Waals surface area contributed by atoms with Gasteiger partial charge in [0.2, 0.25) is 0 Å². The zero-order valence-electron chi connectivity index (χ0n) is 13.9. The molecule has 1 aromatic carbocycles. The predicted molar refractivity (Wildman–Crippen MR) is 78.8 cm³/mol. The van der Waals surface area contributed by atoms with Crippen molar-refractivity contribution in [3.63, 3.8) is 0 Å². The fourth-order valence-electron chi connectivity index (χ4n) is 1.85. The zero-order chi connectivity index (χ0) is 14.8. The first kappa shape index (κ1) is 20.6. The summed E-state index contributed by atoms with van der Waals surface area (Å²) in [5.41, 5.74) is 0. The Balaban J connectivity index is 0. The van der Waals surface area contributed by atoms with Crippen LogP contribution >= 0.6 is 0 Å². The first-order valence-corrected chi connectivity index (χ1v) is 8.49. The van der Waals surface area contributed by atoms with Crippen molar-refractivity contribution in [2.45, 2.75) is 56.8 Å². The van der Waals surface area contributed by atoms with Crippen molar-refractivity contribution in [1.82, 2.24) is 0 Å². The molecular weight excluding hydrogens is 299 g/mol. The molecule has 0 aromatic heterocycles. The van der Waals surface area contributed by atoms with E-state index in [1.807, 2.05) is 0 Å². The van der Waals surface area contributed by atoms with Gasteiger partial charge < -0.3 is 5.61 Å². The van der Waals surface area contributed by atoms with Crippen molar-refractivity contribution in [2.75, 3.05) is 0 Å². The summed E-state index contributed by atoms with van der Waals surface area (Å²) < 4.78 is 28.1. The Morgan fingerprint density at radius 3 is 2.24 bits per heavy atom. The van der Waals surface area contributed by atoms with Gasteiger partial charge in [0.25, 0.3) is 0 Å². The second-order valence-corrected chi connectivity index (χ2v) is 6.29. The molecule has 21 heavy (non-hydrogen) atoms. The molecule has 0 bridgehead atoms. The van der Waals surface area contributed by atoms with E-state index in [2.05, 4.69) is 11.1 Å². The van der Waals surface area contributed by atoms with E-state index >= 15 is 0 Å². The minimum absolute atomic E-state index is 0. The number of rotatable bonds is 9. The van der Waals surface area contributed by atoms with E-state index in [-0.39, 0.29) is 42.3 Å². The quantitative estimate of drug-likeness (QED) is 0.383. The Morgan fingerprint density at radius 1 is 1.05 bits per heavy atom. The molecule has 0 spiro atoms. The molecule has 0 aliphatic rings. The van der Waals surface area contributed by atoms with Crippen LogP contribution in [0.25, 0.3) is 0 Å². The van der Waals surface area contributed by atoms with Gasteiger partial charge in [-0.05, 0) is 18.6 Å². The number of carbonyl (C=O) groups excluding carboxylic acids is 1. The standard InChI is InChI=1S/C15H22O4S.Na.H/c1-2-3-4-5-6-10-13-15(16)19-20(17,18)14-11-8-7-9-12-14;;/h7-9,11-12H,2-6,10,13H2,1H3;;/q;+1;-1. The summed E-state index contributed by atoms with van der Waals surface area (Å²) in [4.78, 5) is 11.5. The van der Waals surface area contributed by atoms with Crippen LogP contribution in [0, 0.1) is 0 Å². The summed E-state index contributed by atoms with van der Waals surface area (Å²) in [6.07, 6.45) is 6.37. The van der Waals surface area contributed by atoms with Crippen molar-refractivity contribution >= 4 is 16.1 Å². The summed E-state index contributed by atoms with van der Waals surface area (Å²) in [5, 5.41) is 0. The van der Waals surface area contributed by atoms with Crippen molar-refractivity contribution in [1.29, 1.82) is 0 Å².